The molecule has 8 heteroatoms. The summed E-state index contributed by atoms with van der Waals surface area (Å²) in [5, 5.41) is 8.80. The van der Waals surface area contributed by atoms with Crippen LogP contribution in [0.25, 0.3) is 10.7 Å². The Morgan fingerprint density at radius 3 is 2.78 bits per heavy atom. The molecule has 2 N–H and O–H groups in total. The van der Waals surface area contributed by atoms with Crippen molar-refractivity contribution in [2.75, 3.05) is 0 Å². The second-order valence-corrected chi connectivity index (χ2v) is 7.86. The molecule has 23 heavy (non-hydrogen) atoms. The molecule has 0 spiro atoms. The molecular formula is C15H16N4O2S2. The third-order valence-electron chi connectivity index (χ3n) is 3.32. The van der Waals surface area contributed by atoms with Crippen LogP contribution in [-0.4, -0.2) is 23.6 Å². The number of benzene rings is 1. The molecule has 2 aromatic heterocycles. The summed E-state index contributed by atoms with van der Waals surface area (Å²) < 4.78 is 27.4. The predicted molar refractivity (Wildman–Crippen MR) is 89.6 cm³/mol. The van der Waals surface area contributed by atoms with Crippen LogP contribution in [0.4, 0.5) is 0 Å². The number of hydrogen-bond acceptors (Lipinski definition) is 5. The van der Waals surface area contributed by atoms with Crippen molar-refractivity contribution in [3.63, 3.8) is 0 Å². The van der Waals surface area contributed by atoms with Crippen molar-refractivity contribution >= 4 is 21.4 Å². The number of rotatable bonds is 5. The molecular weight excluding hydrogens is 332 g/mol. The molecule has 0 atom stereocenters. The first-order chi connectivity index (χ1) is 11.0. The monoisotopic (exact) mass is 348 g/mol. The number of aryl methyl sites for hydroxylation is 2. The lowest BCUT2D eigenvalue weighted by Crippen LogP contribution is -2.24. The second-order valence-electron chi connectivity index (χ2n) is 5.18. The predicted octanol–water partition coefficient (Wildman–Crippen LogP) is 2.63. The average molecular weight is 348 g/mol. The van der Waals surface area contributed by atoms with Gasteiger partial charge in [-0.15, -0.1) is 11.3 Å². The minimum absolute atomic E-state index is 0.0635. The van der Waals surface area contributed by atoms with E-state index in [-0.39, 0.29) is 11.4 Å². The van der Waals surface area contributed by atoms with Gasteiger partial charge in [0, 0.05) is 0 Å². The zero-order chi connectivity index (χ0) is 16.4. The number of thiophene rings is 1. The first kappa shape index (κ1) is 15.9. The van der Waals surface area contributed by atoms with Gasteiger partial charge >= 0.3 is 0 Å². The minimum Gasteiger partial charge on any atom is -0.262 e. The molecule has 2 heterocycles. The lowest BCUT2D eigenvalue weighted by atomic mass is 10.2. The Morgan fingerprint density at radius 1 is 1.26 bits per heavy atom. The Balaban J connectivity index is 1.75. The summed E-state index contributed by atoms with van der Waals surface area (Å²) in [5.74, 6) is 1.04. The van der Waals surface area contributed by atoms with E-state index < -0.39 is 10.0 Å². The summed E-state index contributed by atoms with van der Waals surface area (Å²) in [4.78, 5) is 5.52. The standard InChI is InChI=1S/C15H16N4O2S2/c1-10-5-6-13(11(2)8-10)23(20,21)16-9-14-17-15(19-18-14)12-4-3-7-22-12/h3-8,16H,9H2,1-2H3,(H,17,18,19). The lowest BCUT2D eigenvalue weighted by molar-refractivity contribution is 0.578. The summed E-state index contributed by atoms with van der Waals surface area (Å²) in [6.45, 7) is 3.77. The van der Waals surface area contributed by atoms with Crippen LogP contribution in [0.3, 0.4) is 0 Å². The molecule has 0 radical (unpaired) electrons. The van der Waals surface area contributed by atoms with E-state index >= 15 is 0 Å². The molecule has 0 aliphatic rings. The Hall–Kier alpha value is -2.03. The first-order valence-corrected chi connectivity index (χ1v) is 9.34. The van der Waals surface area contributed by atoms with Crippen molar-refractivity contribution < 1.29 is 8.42 Å². The van der Waals surface area contributed by atoms with Crippen LogP contribution in [0.1, 0.15) is 17.0 Å². The molecule has 0 saturated heterocycles. The molecule has 3 rings (SSSR count). The highest BCUT2D eigenvalue weighted by Gasteiger charge is 2.17. The van der Waals surface area contributed by atoms with E-state index in [0.29, 0.717) is 17.2 Å². The van der Waals surface area contributed by atoms with E-state index in [9.17, 15) is 8.42 Å². The van der Waals surface area contributed by atoms with Crippen molar-refractivity contribution in [3.8, 4) is 10.7 Å². The van der Waals surface area contributed by atoms with E-state index in [0.717, 1.165) is 10.4 Å². The van der Waals surface area contributed by atoms with Crippen molar-refractivity contribution in [2.45, 2.75) is 25.3 Å². The number of H-pyrrole nitrogens is 1. The van der Waals surface area contributed by atoms with Gasteiger partial charge in [0.05, 0.1) is 16.3 Å². The van der Waals surface area contributed by atoms with Crippen molar-refractivity contribution in [1.82, 2.24) is 19.9 Å². The Kier molecular flexibility index (Phi) is 4.29. The van der Waals surface area contributed by atoms with Gasteiger partial charge in [-0.25, -0.2) is 18.1 Å². The Labute approximate surface area is 138 Å². The molecule has 0 aliphatic carbocycles. The van der Waals surface area contributed by atoms with E-state index in [1.54, 1.807) is 19.1 Å². The summed E-state index contributed by atoms with van der Waals surface area (Å²) in [5.41, 5.74) is 1.74. The molecule has 0 bridgehead atoms. The van der Waals surface area contributed by atoms with Crippen LogP contribution in [0.2, 0.25) is 0 Å². The number of hydrogen-bond donors (Lipinski definition) is 2. The molecule has 3 aromatic rings. The smallest absolute Gasteiger partial charge is 0.241 e. The first-order valence-electron chi connectivity index (χ1n) is 6.98. The third-order valence-corrected chi connectivity index (χ3v) is 5.75. The highest BCUT2D eigenvalue weighted by atomic mass is 32.2. The fourth-order valence-electron chi connectivity index (χ4n) is 2.23. The number of aromatic amines is 1. The molecule has 0 saturated carbocycles. The van der Waals surface area contributed by atoms with E-state index in [1.165, 1.54) is 11.3 Å². The third kappa shape index (κ3) is 3.49. The zero-order valence-electron chi connectivity index (χ0n) is 12.7. The molecule has 1 aromatic carbocycles. The zero-order valence-corrected chi connectivity index (χ0v) is 14.3. The summed E-state index contributed by atoms with van der Waals surface area (Å²) in [6, 6.07) is 9.07. The number of nitrogens with one attached hydrogen (secondary N) is 2. The van der Waals surface area contributed by atoms with E-state index in [2.05, 4.69) is 19.9 Å². The maximum atomic E-state index is 12.4. The molecule has 0 unspecified atom stereocenters. The Bertz CT molecular complexity index is 915. The van der Waals surface area contributed by atoms with Gasteiger partial charge in [-0.1, -0.05) is 23.8 Å². The van der Waals surface area contributed by atoms with Gasteiger partial charge in [-0.3, -0.25) is 5.10 Å². The molecule has 120 valence electrons. The van der Waals surface area contributed by atoms with Crippen molar-refractivity contribution in [1.29, 1.82) is 0 Å². The molecule has 0 amide bonds. The molecule has 6 nitrogen and oxygen atoms in total. The fraction of sp³-hybridized carbons (Fsp3) is 0.200. The number of aromatic nitrogens is 3. The highest BCUT2D eigenvalue weighted by Crippen LogP contribution is 2.20. The van der Waals surface area contributed by atoms with Crippen molar-refractivity contribution in [2.24, 2.45) is 0 Å². The van der Waals surface area contributed by atoms with Gasteiger partial charge < -0.3 is 0 Å². The summed E-state index contributed by atoms with van der Waals surface area (Å²) >= 11 is 1.53. The van der Waals surface area contributed by atoms with Crippen LogP contribution in [0.15, 0.2) is 40.6 Å². The lowest BCUT2D eigenvalue weighted by Gasteiger charge is -2.08. The van der Waals surface area contributed by atoms with E-state index in [1.807, 2.05) is 30.5 Å². The van der Waals surface area contributed by atoms with Gasteiger partial charge in [0.2, 0.25) is 10.0 Å². The van der Waals surface area contributed by atoms with Crippen LogP contribution in [-0.2, 0) is 16.6 Å². The number of sulfonamides is 1. The maximum absolute atomic E-state index is 12.4. The maximum Gasteiger partial charge on any atom is 0.241 e. The van der Waals surface area contributed by atoms with Crippen LogP contribution in [0.5, 0.6) is 0 Å². The van der Waals surface area contributed by atoms with Gasteiger partial charge in [0.25, 0.3) is 0 Å². The van der Waals surface area contributed by atoms with Gasteiger partial charge in [0.1, 0.15) is 5.82 Å². The van der Waals surface area contributed by atoms with E-state index in [4.69, 9.17) is 0 Å². The van der Waals surface area contributed by atoms with Crippen LogP contribution in [0, 0.1) is 13.8 Å². The van der Waals surface area contributed by atoms with Gasteiger partial charge in [-0.2, -0.15) is 5.10 Å². The van der Waals surface area contributed by atoms with Gasteiger partial charge in [0.15, 0.2) is 5.82 Å². The highest BCUT2D eigenvalue weighted by molar-refractivity contribution is 7.89. The molecule has 0 aliphatic heterocycles. The fourth-order valence-corrected chi connectivity index (χ4v) is 4.10. The molecule has 0 fully saturated rings. The van der Waals surface area contributed by atoms with Crippen LogP contribution >= 0.6 is 11.3 Å². The van der Waals surface area contributed by atoms with Crippen molar-refractivity contribution in [3.05, 3.63) is 52.7 Å². The summed E-state index contributed by atoms with van der Waals surface area (Å²) in [6.07, 6.45) is 0. The second kappa shape index (κ2) is 6.23. The quantitative estimate of drug-likeness (QED) is 0.742. The topological polar surface area (TPSA) is 87.7 Å². The summed E-state index contributed by atoms with van der Waals surface area (Å²) in [7, 11) is -3.59. The van der Waals surface area contributed by atoms with Gasteiger partial charge in [-0.05, 0) is 36.9 Å². The minimum atomic E-state index is -3.59. The Morgan fingerprint density at radius 2 is 2.09 bits per heavy atom. The number of nitrogens with zero attached hydrogens (tertiary/aromatic N) is 2. The average Bonchev–Trinajstić information content (AvgIpc) is 3.16. The van der Waals surface area contributed by atoms with Crippen LogP contribution < -0.4 is 4.72 Å². The SMILES string of the molecule is Cc1ccc(S(=O)(=O)NCc2nc(-c3cccs3)n[nH]2)c(C)c1. The normalized spacial score (nSPS) is 11.7. The largest absolute Gasteiger partial charge is 0.262 e.